The van der Waals surface area contributed by atoms with Gasteiger partial charge in [0.15, 0.2) is 23.2 Å². The lowest BCUT2D eigenvalue weighted by Crippen LogP contribution is -2.37. The molecule has 0 aliphatic carbocycles. The summed E-state index contributed by atoms with van der Waals surface area (Å²) in [4.78, 5) is 25.0. The minimum Gasteiger partial charge on any atom is -0.462 e. The van der Waals surface area contributed by atoms with Gasteiger partial charge in [0.1, 0.15) is 29.4 Å². The number of imidazole rings is 1. The highest BCUT2D eigenvalue weighted by atomic mass is 35.5. The zero-order valence-corrected chi connectivity index (χ0v) is 23.4. The third-order valence-electron chi connectivity index (χ3n) is 5.68. The third-order valence-corrected chi connectivity index (χ3v) is 7.80. The molecular weight excluding hydrogens is 553 g/mol. The van der Waals surface area contributed by atoms with Gasteiger partial charge in [-0.05, 0) is 32.9 Å². The number of hydrogen-bond acceptors (Lipinski definition) is 12. The number of halogens is 1. The number of ether oxygens (including phenoxy) is 2. The van der Waals surface area contributed by atoms with Gasteiger partial charge in [-0.15, -0.1) is 11.6 Å². The summed E-state index contributed by atoms with van der Waals surface area (Å²) in [6.45, 7) is 4.47. The van der Waals surface area contributed by atoms with E-state index in [4.69, 9.17) is 35.9 Å². The van der Waals surface area contributed by atoms with Crippen LogP contribution in [0.5, 0.6) is 5.75 Å². The number of nitrogens with one attached hydrogen (secondary N) is 2. The highest BCUT2D eigenvalue weighted by molar-refractivity contribution is 7.52. The van der Waals surface area contributed by atoms with Gasteiger partial charge in [0.25, 0.3) is 0 Å². The molecule has 212 valence electrons. The molecule has 2 aromatic heterocycles. The summed E-state index contributed by atoms with van der Waals surface area (Å²) in [6, 6.07) is 7.27. The monoisotopic (exact) mass is 583 g/mol. The van der Waals surface area contributed by atoms with Crippen LogP contribution in [0.4, 0.5) is 11.8 Å². The maximum atomic E-state index is 13.7. The van der Waals surface area contributed by atoms with Gasteiger partial charge >= 0.3 is 13.7 Å². The lowest BCUT2D eigenvalue weighted by atomic mass is 10.2. The molecule has 1 aliphatic rings. The molecule has 3 aromatic rings. The van der Waals surface area contributed by atoms with Crippen LogP contribution in [-0.4, -0.2) is 74.0 Å². The topological polar surface area (TPSA) is 185 Å². The predicted molar refractivity (Wildman–Crippen MR) is 143 cm³/mol. The third kappa shape index (κ3) is 6.60. The fourth-order valence-corrected chi connectivity index (χ4v) is 5.71. The first kappa shape index (κ1) is 29.0. The molecule has 0 saturated carbocycles. The van der Waals surface area contributed by atoms with Crippen LogP contribution in [0, 0.1) is 0 Å². The van der Waals surface area contributed by atoms with Crippen molar-refractivity contribution in [1.29, 1.82) is 0 Å². The quantitative estimate of drug-likeness (QED) is 0.147. The predicted octanol–water partition coefficient (Wildman–Crippen LogP) is 2.45. The van der Waals surface area contributed by atoms with E-state index >= 15 is 0 Å². The molecule has 0 amide bonds. The molecule has 5 N–H and O–H groups in total. The summed E-state index contributed by atoms with van der Waals surface area (Å²) in [7, 11) is -2.51. The van der Waals surface area contributed by atoms with Crippen molar-refractivity contribution in [3.8, 4) is 5.75 Å². The van der Waals surface area contributed by atoms with Gasteiger partial charge in [0, 0.05) is 7.05 Å². The molecule has 3 heterocycles. The van der Waals surface area contributed by atoms with Crippen LogP contribution in [0.15, 0.2) is 36.7 Å². The van der Waals surface area contributed by atoms with E-state index in [1.165, 1.54) is 17.8 Å². The van der Waals surface area contributed by atoms with E-state index in [1.54, 1.807) is 51.2 Å². The van der Waals surface area contributed by atoms with E-state index in [0.29, 0.717) is 17.0 Å². The lowest BCUT2D eigenvalue weighted by Gasteiger charge is -2.25. The molecule has 0 unspecified atom stereocenters. The Balaban J connectivity index is 1.52. The Hall–Kier alpha value is -3.00. The Kier molecular flexibility index (Phi) is 8.94. The van der Waals surface area contributed by atoms with E-state index in [9.17, 15) is 14.5 Å². The Morgan fingerprint density at radius 1 is 1.28 bits per heavy atom. The second kappa shape index (κ2) is 12.0. The van der Waals surface area contributed by atoms with E-state index in [1.807, 2.05) is 0 Å². The summed E-state index contributed by atoms with van der Waals surface area (Å²) in [5.74, 6) is 0.0169. The highest BCUT2D eigenvalue weighted by Crippen LogP contribution is 2.46. The largest absolute Gasteiger partial charge is 0.462 e. The minimum absolute atomic E-state index is 0.00772. The average Bonchev–Trinajstić information content (AvgIpc) is 3.42. The number of hydrogen-bond donors (Lipinski definition) is 4. The molecule has 1 aliphatic heterocycles. The maximum Gasteiger partial charge on any atom is 0.459 e. The van der Waals surface area contributed by atoms with E-state index < -0.39 is 50.2 Å². The van der Waals surface area contributed by atoms with Crippen molar-refractivity contribution in [3.63, 3.8) is 0 Å². The summed E-state index contributed by atoms with van der Waals surface area (Å²) >= 11 is 6.54. The number of nitrogens with two attached hydrogens (primary N) is 1. The first-order valence-corrected chi connectivity index (χ1v) is 14.1. The zero-order valence-electron chi connectivity index (χ0n) is 21.7. The number of anilines is 2. The summed E-state index contributed by atoms with van der Waals surface area (Å²) in [5.41, 5.74) is 6.60. The van der Waals surface area contributed by atoms with Gasteiger partial charge < -0.3 is 30.2 Å². The zero-order chi connectivity index (χ0) is 28.3. The number of nitrogens with zero attached hydrogens (tertiary/aromatic N) is 4. The first-order valence-electron chi connectivity index (χ1n) is 12.1. The summed E-state index contributed by atoms with van der Waals surface area (Å²) in [6.07, 6.45) is -2.10. The number of rotatable bonds is 11. The van der Waals surface area contributed by atoms with Crippen molar-refractivity contribution in [2.24, 2.45) is 0 Å². The second-order valence-electron chi connectivity index (χ2n) is 9.04. The molecule has 16 heteroatoms. The summed E-state index contributed by atoms with van der Waals surface area (Å²) in [5, 5.41) is 15.4. The molecule has 0 bridgehead atoms. The van der Waals surface area contributed by atoms with E-state index in [2.05, 4.69) is 25.4 Å². The average molecular weight is 584 g/mol. The smallest absolute Gasteiger partial charge is 0.459 e. The fraction of sp³-hybridized carbons (Fsp3) is 0.478. The standard InChI is InChI=1S/C23H31ClN7O7P/c1-12(2)36-22(33)13(3)30-39(34,38-14-8-6-5-7-9-14)35-10-15-18(32)16(24)21(37-15)31-11-27-17-19(26-4)28-23(25)29-20(17)31/h5-9,11-13,15-16,18,21,32H,10H2,1-4H3,(H,30,34)(H3,25,26,28,29)/t13-,15+,16-,18+,21+,39-/m0/s1. The number of benzene rings is 1. The van der Waals surface area contributed by atoms with Crippen molar-refractivity contribution in [2.45, 2.75) is 56.7 Å². The van der Waals surface area contributed by atoms with Crippen molar-refractivity contribution >= 4 is 48.2 Å². The molecule has 0 radical (unpaired) electrons. The van der Waals surface area contributed by atoms with Crippen LogP contribution in [0.25, 0.3) is 11.2 Å². The van der Waals surface area contributed by atoms with Gasteiger partial charge in [-0.25, -0.2) is 9.55 Å². The number of aliphatic hydroxyl groups excluding tert-OH is 1. The van der Waals surface area contributed by atoms with Crippen LogP contribution in [-0.2, 0) is 23.4 Å². The summed E-state index contributed by atoms with van der Waals surface area (Å²) < 4.78 is 37.7. The van der Waals surface area contributed by atoms with Crippen LogP contribution < -0.4 is 20.7 Å². The molecule has 4 rings (SSSR count). The first-order chi connectivity index (χ1) is 18.5. The number of para-hydroxylation sites is 1. The maximum absolute atomic E-state index is 13.7. The molecule has 14 nitrogen and oxygen atoms in total. The number of esters is 1. The molecule has 1 aromatic carbocycles. The molecule has 39 heavy (non-hydrogen) atoms. The van der Waals surface area contributed by atoms with Gasteiger partial charge in [-0.1, -0.05) is 18.2 Å². The molecule has 1 saturated heterocycles. The molecule has 1 fully saturated rings. The normalized spacial score (nSPS) is 23.5. The van der Waals surface area contributed by atoms with Crippen molar-refractivity contribution in [2.75, 3.05) is 24.7 Å². The van der Waals surface area contributed by atoms with Crippen LogP contribution in [0.3, 0.4) is 0 Å². The van der Waals surface area contributed by atoms with Gasteiger partial charge in [0.05, 0.1) is 19.0 Å². The fourth-order valence-electron chi connectivity index (χ4n) is 3.87. The van der Waals surface area contributed by atoms with Crippen molar-refractivity contribution < 1.29 is 33.0 Å². The van der Waals surface area contributed by atoms with Crippen LogP contribution in [0.1, 0.15) is 27.0 Å². The Morgan fingerprint density at radius 3 is 2.67 bits per heavy atom. The van der Waals surface area contributed by atoms with Crippen LogP contribution in [0.2, 0.25) is 0 Å². The number of aromatic nitrogens is 4. The Bertz CT molecular complexity index is 1350. The highest BCUT2D eigenvalue weighted by Gasteiger charge is 2.46. The lowest BCUT2D eigenvalue weighted by molar-refractivity contribution is -0.149. The van der Waals surface area contributed by atoms with E-state index in [0.717, 1.165) is 0 Å². The Labute approximate surface area is 229 Å². The number of fused-ring (bicyclic) bond motifs is 1. The van der Waals surface area contributed by atoms with Gasteiger partial charge in [-0.3, -0.25) is 13.9 Å². The minimum atomic E-state index is -4.18. The van der Waals surface area contributed by atoms with Gasteiger partial charge in [0.2, 0.25) is 5.95 Å². The number of aliphatic hydroxyl groups is 1. The molecule has 6 atom stereocenters. The SMILES string of the molecule is CNc1nc(N)nc2c1ncn2[C@@H]1O[C@H](CO[P@@](=O)(N[C@@H](C)C(=O)OC(C)C)Oc2ccccc2)[C@@H](O)[C@@H]1Cl. The molecule has 0 spiro atoms. The van der Waals surface area contributed by atoms with Gasteiger partial charge in [-0.2, -0.15) is 15.1 Å². The molecular formula is C23H31ClN7O7P. The van der Waals surface area contributed by atoms with Crippen molar-refractivity contribution in [3.05, 3.63) is 36.7 Å². The number of alkyl halides is 1. The number of carbonyl (C=O) groups is 1. The number of nitrogen functional groups attached to an aromatic ring is 1. The number of carbonyl (C=O) groups excluding carboxylic acids is 1. The van der Waals surface area contributed by atoms with Crippen LogP contribution >= 0.6 is 19.3 Å². The van der Waals surface area contributed by atoms with Crippen molar-refractivity contribution in [1.82, 2.24) is 24.6 Å². The second-order valence-corrected chi connectivity index (χ2v) is 11.2. The van der Waals surface area contributed by atoms with E-state index in [-0.39, 0.29) is 17.8 Å². The Morgan fingerprint density at radius 2 is 2.00 bits per heavy atom.